The molecule has 0 heterocycles. The van der Waals surface area contributed by atoms with E-state index in [4.69, 9.17) is 0 Å². The van der Waals surface area contributed by atoms with Crippen LogP contribution in [0, 0.1) is 29.5 Å². The summed E-state index contributed by atoms with van der Waals surface area (Å²) in [5, 5.41) is 0. The van der Waals surface area contributed by atoms with Gasteiger partial charge in [0.15, 0.2) is 0 Å². The number of benzene rings is 1. The highest BCUT2D eigenvalue weighted by molar-refractivity contribution is 5.16. The fraction of sp³-hybridized carbons (Fsp3) is 0.636. The third-order valence-electron chi connectivity index (χ3n) is 6.44. The monoisotopic (exact) mass is 314 g/mol. The van der Waals surface area contributed by atoms with Gasteiger partial charge in [-0.05, 0) is 92.7 Å². The van der Waals surface area contributed by atoms with Gasteiger partial charge >= 0.3 is 0 Å². The largest absolute Gasteiger partial charge is 0.207 e. The van der Waals surface area contributed by atoms with Crippen molar-refractivity contribution in [3.63, 3.8) is 0 Å². The number of aryl methyl sites for hydroxylation is 1. The Labute approximate surface area is 141 Å². The number of allylic oxidation sites excluding steroid dienone is 1. The molecule has 1 aromatic carbocycles. The molecular weight excluding hydrogens is 283 g/mol. The van der Waals surface area contributed by atoms with Crippen LogP contribution < -0.4 is 0 Å². The molecule has 0 spiro atoms. The number of rotatable bonds is 5. The van der Waals surface area contributed by atoms with Crippen LogP contribution in [0.5, 0.6) is 0 Å². The molecule has 0 saturated heterocycles. The minimum Gasteiger partial charge on any atom is -0.207 e. The first kappa shape index (κ1) is 16.7. The number of hydrogen-bond acceptors (Lipinski definition) is 0. The van der Waals surface area contributed by atoms with Gasteiger partial charge in [-0.3, -0.25) is 0 Å². The summed E-state index contributed by atoms with van der Waals surface area (Å²) in [4.78, 5) is 0. The quantitative estimate of drug-likeness (QED) is 0.540. The Balaban J connectivity index is 1.39. The summed E-state index contributed by atoms with van der Waals surface area (Å²) >= 11 is 0. The van der Waals surface area contributed by atoms with Crippen molar-refractivity contribution in [3.05, 3.63) is 48.3 Å². The summed E-state index contributed by atoms with van der Waals surface area (Å²) in [6.45, 7) is 3.96. The smallest absolute Gasteiger partial charge is 0.123 e. The standard InChI is InChI=1S/C22H31F/c1-2-17-8-12-20(13-9-17)21-14-10-18(11-15-21)6-7-19-4-3-5-22(23)16-19/h2-5,16-18,20-21H,1,6-15H2. The van der Waals surface area contributed by atoms with Crippen LogP contribution in [0.25, 0.3) is 0 Å². The van der Waals surface area contributed by atoms with Gasteiger partial charge in [0.1, 0.15) is 5.82 Å². The van der Waals surface area contributed by atoms with E-state index in [0.717, 1.165) is 35.7 Å². The fourth-order valence-corrected chi connectivity index (χ4v) is 4.86. The van der Waals surface area contributed by atoms with Gasteiger partial charge in [0.05, 0.1) is 0 Å². The van der Waals surface area contributed by atoms with Crippen molar-refractivity contribution in [2.75, 3.05) is 0 Å². The maximum absolute atomic E-state index is 13.2. The zero-order chi connectivity index (χ0) is 16.1. The van der Waals surface area contributed by atoms with Crippen LogP contribution in [-0.2, 0) is 6.42 Å². The highest BCUT2D eigenvalue weighted by atomic mass is 19.1. The van der Waals surface area contributed by atoms with Crippen molar-refractivity contribution in [2.45, 2.75) is 64.2 Å². The molecule has 0 N–H and O–H groups in total. The lowest BCUT2D eigenvalue weighted by Crippen LogP contribution is -2.25. The number of halogens is 1. The highest BCUT2D eigenvalue weighted by Gasteiger charge is 2.30. The van der Waals surface area contributed by atoms with Crippen molar-refractivity contribution in [1.82, 2.24) is 0 Å². The van der Waals surface area contributed by atoms with Crippen LogP contribution in [-0.4, -0.2) is 0 Å². The van der Waals surface area contributed by atoms with E-state index < -0.39 is 0 Å². The number of hydrogen-bond donors (Lipinski definition) is 0. The van der Waals surface area contributed by atoms with Crippen LogP contribution in [0.1, 0.15) is 63.4 Å². The molecule has 0 aliphatic heterocycles. The van der Waals surface area contributed by atoms with Crippen molar-refractivity contribution >= 4 is 0 Å². The Morgan fingerprint density at radius 2 is 1.61 bits per heavy atom. The van der Waals surface area contributed by atoms with Crippen molar-refractivity contribution in [1.29, 1.82) is 0 Å². The SMILES string of the molecule is C=CC1CCC(C2CCC(CCc3cccc(F)c3)CC2)CC1. The van der Waals surface area contributed by atoms with Crippen molar-refractivity contribution in [3.8, 4) is 0 Å². The van der Waals surface area contributed by atoms with Crippen molar-refractivity contribution in [2.24, 2.45) is 23.7 Å². The van der Waals surface area contributed by atoms with E-state index in [1.165, 1.54) is 63.9 Å². The summed E-state index contributed by atoms with van der Waals surface area (Å²) in [5.41, 5.74) is 1.16. The van der Waals surface area contributed by atoms with Gasteiger partial charge in [-0.15, -0.1) is 6.58 Å². The van der Waals surface area contributed by atoms with Gasteiger partial charge in [0.25, 0.3) is 0 Å². The average molecular weight is 314 g/mol. The molecule has 1 aromatic rings. The van der Waals surface area contributed by atoms with Gasteiger partial charge in [-0.25, -0.2) is 4.39 Å². The first-order valence-corrected chi connectivity index (χ1v) is 9.61. The molecule has 0 unspecified atom stereocenters. The normalized spacial score (nSPS) is 31.7. The lowest BCUT2D eigenvalue weighted by Gasteiger charge is -2.37. The Bertz CT molecular complexity index is 490. The highest BCUT2D eigenvalue weighted by Crippen LogP contribution is 2.42. The Morgan fingerprint density at radius 1 is 0.957 bits per heavy atom. The molecule has 126 valence electrons. The molecule has 23 heavy (non-hydrogen) atoms. The predicted molar refractivity (Wildman–Crippen MR) is 95.8 cm³/mol. The molecule has 0 aromatic heterocycles. The van der Waals surface area contributed by atoms with Crippen LogP contribution in [0.3, 0.4) is 0 Å². The molecule has 2 aliphatic rings. The van der Waals surface area contributed by atoms with E-state index in [2.05, 4.69) is 18.7 Å². The van der Waals surface area contributed by atoms with Crippen LogP contribution >= 0.6 is 0 Å². The van der Waals surface area contributed by atoms with Gasteiger partial charge in [0, 0.05) is 0 Å². The van der Waals surface area contributed by atoms with E-state index in [9.17, 15) is 4.39 Å². The second-order valence-corrected chi connectivity index (χ2v) is 7.86. The second-order valence-electron chi connectivity index (χ2n) is 7.86. The zero-order valence-corrected chi connectivity index (χ0v) is 14.4. The molecule has 2 aliphatic carbocycles. The Kier molecular flexibility index (Phi) is 5.91. The summed E-state index contributed by atoms with van der Waals surface area (Å²) < 4.78 is 13.2. The molecule has 0 atom stereocenters. The maximum Gasteiger partial charge on any atom is 0.123 e. The second kappa shape index (κ2) is 8.13. The molecule has 0 bridgehead atoms. The minimum atomic E-state index is -0.0960. The topological polar surface area (TPSA) is 0 Å². The summed E-state index contributed by atoms with van der Waals surface area (Å²) in [7, 11) is 0. The lowest BCUT2D eigenvalue weighted by atomic mass is 9.68. The summed E-state index contributed by atoms with van der Waals surface area (Å²) in [6, 6.07) is 7.13. The minimum absolute atomic E-state index is 0.0960. The molecule has 0 nitrogen and oxygen atoms in total. The summed E-state index contributed by atoms with van der Waals surface area (Å²) in [5.74, 6) is 3.51. The van der Waals surface area contributed by atoms with Gasteiger partial charge in [-0.2, -0.15) is 0 Å². The molecule has 2 fully saturated rings. The maximum atomic E-state index is 13.2. The molecule has 2 saturated carbocycles. The van der Waals surface area contributed by atoms with Gasteiger partial charge < -0.3 is 0 Å². The first-order valence-electron chi connectivity index (χ1n) is 9.61. The first-order chi connectivity index (χ1) is 11.2. The fourth-order valence-electron chi connectivity index (χ4n) is 4.86. The predicted octanol–water partition coefficient (Wildman–Crippen LogP) is 6.56. The van der Waals surface area contributed by atoms with Gasteiger partial charge in [0.2, 0.25) is 0 Å². The van der Waals surface area contributed by atoms with E-state index in [1.54, 1.807) is 6.07 Å². The average Bonchev–Trinajstić information content (AvgIpc) is 2.61. The molecule has 0 amide bonds. The third kappa shape index (κ3) is 4.68. The van der Waals surface area contributed by atoms with E-state index in [1.807, 2.05) is 6.07 Å². The Morgan fingerprint density at radius 3 is 2.22 bits per heavy atom. The Hall–Kier alpha value is -1.11. The van der Waals surface area contributed by atoms with Crippen LogP contribution in [0.4, 0.5) is 4.39 Å². The van der Waals surface area contributed by atoms with Crippen LogP contribution in [0.2, 0.25) is 0 Å². The molecule has 1 heteroatoms. The third-order valence-corrected chi connectivity index (χ3v) is 6.44. The van der Waals surface area contributed by atoms with Crippen LogP contribution in [0.15, 0.2) is 36.9 Å². The molecular formula is C22H31F. The zero-order valence-electron chi connectivity index (χ0n) is 14.4. The molecule has 0 radical (unpaired) electrons. The lowest BCUT2D eigenvalue weighted by molar-refractivity contribution is 0.153. The van der Waals surface area contributed by atoms with E-state index in [-0.39, 0.29) is 5.82 Å². The van der Waals surface area contributed by atoms with Crippen molar-refractivity contribution < 1.29 is 4.39 Å². The van der Waals surface area contributed by atoms with E-state index >= 15 is 0 Å². The summed E-state index contributed by atoms with van der Waals surface area (Å²) in [6.07, 6.45) is 15.7. The molecule has 3 rings (SSSR count). The van der Waals surface area contributed by atoms with Gasteiger partial charge in [-0.1, -0.05) is 31.1 Å². The van der Waals surface area contributed by atoms with E-state index in [0.29, 0.717) is 0 Å².